The summed E-state index contributed by atoms with van der Waals surface area (Å²) >= 11 is 11.5. The predicted molar refractivity (Wildman–Crippen MR) is 123 cm³/mol. The minimum absolute atomic E-state index is 0.349. The molecule has 0 fully saturated rings. The van der Waals surface area contributed by atoms with E-state index in [4.69, 9.17) is 17.0 Å². The molecule has 0 aliphatic heterocycles. The smallest absolute Gasteiger partial charge is 0.277 e. The average molecular weight is 591 g/mol. The summed E-state index contributed by atoms with van der Waals surface area (Å²) in [7, 11) is 0. The highest BCUT2D eigenvalue weighted by molar-refractivity contribution is 9.11. The van der Waals surface area contributed by atoms with Gasteiger partial charge in [0.2, 0.25) is 0 Å². The molecule has 2 aromatic carbocycles. The Hall–Kier alpha value is -3.17. The summed E-state index contributed by atoms with van der Waals surface area (Å²) in [4.78, 5) is 44.3. The normalized spacial score (nSPS) is 10.1. The van der Waals surface area contributed by atoms with Crippen molar-refractivity contribution in [3.05, 3.63) is 70.6 Å². The van der Waals surface area contributed by atoms with Crippen molar-refractivity contribution in [1.82, 2.24) is 16.2 Å². The van der Waals surface area contributed by atoms with Crippen LogP contribution in [0, 0.1) is 27.2 Å². The van der Waals surface area contributed by atoms with E-state index in [1.807, 2.05) is 0 Å². The molecule has 0 aromatic heterocycles. The van der Waals surface area contributed by atoms with E-state index in [-0.39, 0.29) is 17.3 Å². The van der Waals surface area contributed by atoms with Crippen molar-refractivity contribution in [2.45, 2.75) is 6.92 Å². The van der Waals surface area contributed by atoms with Crippen molar-refractivity contribution in [2.24, 2.45) is 0 Å². The fourth-order valence-corrected chi connectivity index (χ4v) is 4.01. The zero-order chi connectivity index (χ0) is 24.0. The van der Waals surface area contributed by atoms with Gasteiger partial charge in [-0.2, -0.15) is 0 Å². The minimum atomic E-state index is -0.950. The van der Waals surface area contributed by atoms with Gasteiger partial charge in [0.25, 0.3) is 23.2 Å². The third-order valence-electron chi connectivity index (χ3n) is 3.67. The Bertz CT molecular complexity index is 1070. The molecule has 0 atom stereocenters. The third kappa shape index (κ3) is 6.93. The molecule has 0 unspecified atom stereocenters. The van der Waals surface area contributed by atoms with E-state index >= 15 is 0 Å². The summed E-state index contributed by atoms with van der Waals surface area (Å²) in [5, 5.41) is 23.6. The van der Waals surface area contributed by atoms with E-state index in [0.29, 0.717) is 10.2 Å². The number of nitrogens with one attached hydrogen (secondary N) is 3. The van der Waals surface area contributed by atoms with Gasteiger partial charge in [-0.3, -0.25) is 46.0 Å². The molecule has 15 heteroatoms. The Morgan fingerprint density at radius 1 is 1.03 bits per heavy atom. The number of nitrogens with zero attached hydrogens (tertiary/aromatic N) is 2. The Morgan fingerprint density at radius 2 is 1.62 bits per heavy atom. The Kier molecular flexibility index (Phi) is 8.56. The standard InChI is InChI=1S/C17H13Br2N5O7S/c1-8-2-10(18)5-13(19)15(8)31-7-14(25)21-22-17(32)20-16(26)9-3-11(23(27)28)6-12(4-9)24(29)30/h2-6H,7H2,1H3,(H,21,25)(H2,20,22,26,32). The quantitative estimate of drug-likeness (QED) is 0.260. The molecule has 0 saturated carbocycles. The maximum Gasteiger partial charge on any atom is 0.277 e. The van der Waals surface area contributed by atoms with Gasteiger partial charge < -0.3 is 4.74 Å². The monoisotopic (exact) mass is 589 g/mol. The SMILES string of the molecule is Cc1cc(Br)cc(Br)c1OCC(=O)NNC(=S)NC(=O)c1cc([N+](=O)[O-])cc([N+](=O)[O-])c1. The highest BCUT2D eigenvalue weighted by atomic mass is 79.9. The summed E-state index contributed by atoms with van der Waals surface area (Å²) < 4.78 is 6.93. The molecule has 2 rings (SSSR count). The molecule has 0 aliphatic carbocycles. The van der Waals surface area contributed by atoms with Crippen LogP contribution in [0.15, 0.2) is 39.3 Å². The fraction of sp³-hybridized carbons (Fsp3) is 0.118. The van der Waals surface area contributed by atoms with Gasteiger partial charge in [-0.1, -0.05) is 15.9 Å². The summed E-state index contributed by atoms with van der Waals surface area (Å²) in [6.07, 6.45) is 0. The third-order valence-corrected chi connectivity index (χ3v) is 4.92. The van der Waals surface area contributed by atoms with Crippen LogP contribution in [0.3, 0.4) is 0 Å². The van der Waals surface area contributed by atoms with Crippen molar-refractivity contribution in [3.63, 3.8) is 0 Å². The van der Waals surface area contributed by atoms with Crippen LogP contribution in [-0.4, -0.2) is 33.4 Å². The number of halogens is 2. The van der Waals surface area contributed by atoms with Gasteiger partial charge in [0.1, 0.15) is 5.75 Å². The summed E-state index contributed by atoms with van der Waals surface area (Å²) in [6, 6.07) is 5.99. The fourth-order valence-electron chi connectivity index (χ4n) is 2.32. The molecule has 2 amide bonds. The molecule has 168 valence electrons. The van der Waals surface area contributed by atoms with Gasteiger partial charge in [-0.25, -0.2) is 0 Å². The number of hydrogen-bond donors (Lipinski definition) is 3. The number of hydrogen-bond acceptors (Lipinski definition) is 8. The average Bonchev–Trinajstić information content (AvgIpc) is 2.70. The molecule has 0 spiro atoms. The van der Waals surface area contributed by atoms with Gasteiger partial charge in [0.05, 0.1) is 25.9 Å². The van der Waals surface area contributed by atoms with E-state index in [1.165, 1.54) is 0 Å². The van der Waals surface area contributed by atoms with Gasteiger partial charge in [-0.15, -0.1) is 0 Å². The zero-order valence-corrected chi connectivity index (χ0v) is 20.0. The predicted octanol–water partition coefficient (Wildman–Crippen LogP) is 3.05. The molecular weight excluding hydrogens is 578 g/mol. The lowest BCUT2D eigenvalue weighted by molar-refractivity contribution is -0.394. The van der Waals surface area contributed by atoms with E-state index in [1.54, 1.807) is 19.1 Å². The first-order valence-electron chi connectivity index (χ1n) is 8.40. The van der Waals surface area contributed by atoms with E-state index in [0.717, 1.165) is 28.2 Å². The number of ether oxygens (including phenoxy) is 1. The lowest BCUT2D eigenvalue weighted by Crippen LogP contribution is -2.49. The van der Waals surface area contributed by atoms with Crippen LogP contribution in [0.25, 0.3) is 0 Å². The molecule has 32 heavy (non-hydrogen) atoms. The van der Waals surface area contributed by atoms with Crippen molar-refractivity contribution in [3.8, 4) is 5.75 Å². The zero-order valence-electron chi connectivity index (χ0n) is 16.0. The van der Waals surface area contributed by atoms with Crippen LogP contribution in [0.1, 0.15) is 15.9 Å². The Labute approximate surface area is 202 Å². The molecule has 0 saturated heterocycles. The van der Waals surface area contributed by atoms with Crippen molar-refractivity contribution < 1.29 is 24.2 Å². The van der Waals surface area contributed by atoms with Crippen LogP contribution in [0.5, 0.6) is 5.75 Å². The number of benzene rings is 2. The first-order chi connectivity index (χ1) is 15.0. The first-order valence-corrected chi connectivity index (χ1v) is 10.4. The summed E-state index contributed by atoms with van der Waals surface area (Å²) in [5.41, 5.74) is 3.62. The summed E-state index contributed by atoms with van der Waals surface area (Å²) in [5.74, 6) is -1.11. The van der Waals surface area contributed by atoms with Crippen molar-refractivity contribution in [2.75, 3.05) is 6.61 Å². The number of carbonyl (C=O) groups is 2. The second-order valence-electron chi connectivity index (χ2n) is 6.03. The number of non-ortho nitro benzene ring substituents is 2. The lowest BCUT2D eigenvalue weighted by atomic mass is 10.1. The summed E-state index contributed by atoms with van der Waals surface area (Å²) in [6.45, 7) is 1.42. The first kappa shape index (κ1) is 25.1. The molecule has 0 bridgehead atoms. The highest BCUT2D eigenvalue weighted by Crippen LogP contribution is 2.32. The molecule has 0 aliphatic rings. The molecule has 12 nitrogen and oxygen atoms in total. The van der Waals surface area contributed by atoms with E-state index < -0.39 is 33.0 Å². The highest BCUT2D eigenvalue weighted by Gasteiger charge is 2.20. The second-order valence-corrected chi connectivity index (χ2v) is 8.21. The van der Waals surface area contributed by atoms with Crippen molar-refractivity contribution >= 4 is 72.4 Å². The van der Waals surface area contributed by atoms with Crippen LogP contribution < -0.4 is 20.9 Å². The molecule has 0 heterocycles. The van der Waals surface area contributed by atoms with E-state index in [9.17, 15) is 29.8 Å². The van der Waals surface area contributed by atoms with Gasteiger partial charge in [0, 0.05) is 16.6 Å². The van der Waals surface area contributed by atoms with Gasteiger partial charge in [-0.05, 0) is 52.8 Å². The van der Waals surface area contributed by atoms with Crippen LogP contribution >= 0.6 is 44.1 Å². The minimum Gasteiger partial charge on any atom is -0.482 e. The molecular formula is C17H13Br2N5O7S. The molecule has 2 aromatic rings. The van der Waals surface area contributed by atoms with Crippen LogP contribution in [0.4, 0.5) is 11.4 Å². The van der Waals surface area contributed by atoms with E-state index in [2.05, 4.69) is 48.0 Å². The molecule has 0 radical (unpaired) electrons. The van der Waals surface area contributed by atoms with Gasteiger partial charge in [0.15, 0.2) is 11.7 Å². The number of aryl methyl sites for hydroxylation is 1. The topological polar surface area (TPSA) is 166 Å². The number of rotatable bonds is 6. The number of nitro groups is 2. The largest absolute Gasteiger partial charge is 0.482 e. The maximum atomic E-state index is 12.2. The maximum absolute atomic E-state index is 12.2. The van der Waals surface area contributed by atoms with Crippen LogP contribution in [-0.2, 0) is 4.79 Å². The van der Waals surface area contributed by atoms with Gasteiger partial charge >= 0.3 is 0 Å². The lowest BCUT2D eigenvalue weighted by Gasteiger charge is -2.13. The number of nitro benzene ring substituents is 2. The number of hydrazine groups is 1. The number of thiocarbonyl (C=S) groups is 1. The number of amides is 2. The Morgan fingerprint density at radius 3 is 2.16 bits per heavy atom. The van der Waals surface area contributed by atoms with Crippen molar-refractivity contribution in [1.29, 1.82) is 0 Å². The number of carbonyl (C=O) groups excluding carboxylic acids is 2. The van der Waals surface area contributed by atoms with Crippen LogP contribution in [0.2, 0.25) is 0 Å². The molecule has 3 N–H and O–H groups in total. The Balaban J connectivity index is 1.93. The second kappa shape index (κ2) is 10.9.